The highest BCUT2D eigenvalue weighted by Crippen LogP contribution is 2.39. The minimum Gasteiger partial charge on any atom is -0.487 e. The maximum Gasteiger partial charge on any atom is 0.407 e. The van der Waals surface area contributed by atoms with Gasteiger partial charge in [-0.25, -0.2) is 9.59 Å². The molecule has 14 nitrogen and oxygen atoms in total. The van der Waals surface area contributed by atoms with E-state index in [-0.39, 0.29) is 37.8 Å². The molecule has 0 saturated carbocycles. The number of carbonyl (C=O) groups is 2. The first-order chi connectivity index (χ1) is 16.6. The summed E-state index contributed by atoms with van der Waals surface area (Å²) in [4.78, 5) is 44.5. The summed E-state index contributed by atoms with van der Waals surface area (Å²) in [5.74, 6) is -0.436. The van der Waals surface area contributed by atoms with Crippen LogP contribution in [0.5, 0.6) is 11.5 Å². The van der Waals surface area contributed by atoms with E-state index in [1.165, 1.54) is 0 Å². The Labute approximate surface area is 208 Å². The quantitative estimate of drug-likeness (QED) is 0.234. The van der Waals surface area contributed by atoms with E-state index in [0.29, 0.717) is 12.8 Å². The first-order valence-electron chi connectivity index (χ1n) is 11.2. The van der Waals surface area contributed by atoms with E-state index in [1.807, 2.05) is 0 Å². The molecule has 0 fully saturated rings. The van der Waals surface area contributed by atoms with Gasteiger partial charge in [0.05, 0.1) is 23.1 Å². The van der Waals surface area contributed by atoms with Gasteiger partial charge in [0.1, 0.15) is 17.3 Å². The number of nitro benzene ring substituents is 2. The van der Waals surface area contributed by atoms with Crippen molar-refractivity contribution in [3.63, 3.8) is 0 Å². The number of nitrogens with zero attached hydrogens (tertiary/aromatic N) is 2. The molecule has 0 saturated heterocycles. The van der Waals surface area contributed by atoms with Crippen LogP contribution >= 0.6 is 0 Å². The normalized spacial score (nSPS) is 11.3. The standard InChI is InChI=1S/C22H34N4O10/c1-21(2,3)35-19(27)23-9-7-11-33-17-14-18(16(26(31)32)13-15(17)25(29)30)34-12-8-10-24-20(28)36-22(4,5)6/h13-14H,7-12H2,1-6H3,(H,23,27)(H,24,28). The second kappa shape index (κ2) is 13.3. The minimum atomic E-state index is -0.796. The van der Waals surface area contributed by atoms with Crippen molar-refractivity contribution in [2.45, 2.75) is 65.6 Å². The molecule has 0 aliphatic carbocycles. The van der Waals surface area contributed by atoms with Gasteiger partial charge in [-0.1, -0.05) is 0 Å². The predicted octanol–water partition coefficient (Wildman–Crippen LogP) is 4.09. The lowest BCUT2D eigenvalue weighted by atomic mass is 10.2. The molecular weight excluding hydrogens is 480 g/mol. The number of amides is 2. The molecule has 0 aromatic heterocycles. The van der Waals surface area contributed by atoms with Crippen LogP contribution < -0.4 is 20.1 Å². The third-order valence-electron chi connectivity index (χ3n) is 3.93. The fourth-order valence-corrected chi connectivity index (χ4v) is 2.57. The monoisotopic (exact) mass is 514 g/mol. The zero-order chi connectivity index (χ0) is 27.5. The average molecular weight is 515 g/mol. The molecule has 1 aromatic carbocycles. The fourth-order valence-electron chi connectivity index (χ4n) is 2.57. The van der Waals surface area contributed by atoms with Gasteiger partial charge in [0, 0.05) is 19.2 Å². The fraction of sp³-hybridized carbons (Fsp3) is 0.636. The van der Waals surface area contributed by atoms with Gasteiger partial charge in [0.15, 0.2) is 0 Å². The number of alkyl carbamates (subject to hydrolysis) is 2. The van der Waals surface area contributed by atoms with Crippen molar-refractivity contribution in [1.82, 2.24) is 10.6 Å². The largest absolute Gasteiger partial charge is 0.487 e. The number of ether oxygens (including phenoxy) is 4. The van der Waals surface area contributed by atoms with Crippen molar-refractivity contribution in [2.24, 2.45) is 0 Å². The smallest absolute Gasteiger partial charge is 0.407 e. The van der Waals surface area contributed by atoms with Crippen LogP contribution in [0.1, 0.15) is 54.4 Å². The molecule has 0 spiro atoms. The third-order valence-corrected chi connectivity index (χ3v) is 3.93. The number of carbonyl (C=O) groups excluding carboxylic acids is 2. The van der Waals surface area contributed by atoms with Gasteiger partial charge in [-0.3, -0.25) is 20.2 Å². The molecule has 1 aromatic rings. The summed E-state index contributed by atoms with van der Waals surface area (Å²) < 4.78 is 21.1. The minimum absolute atomic E-state index is 0.0201. The Kier molecular flexibility index (Phi) is 11.2. The summed E-state index contributed by atoms with van der Waals surface area (Å²) >= 11 is 0. The molecule has 0 bridgehead atoms. The van der Waals surface area contributed by atoms with Crippen LogP contribution in [0.25, 0.3) is 0 Å². The number of hydrogen-bond donors (Lipinski definition) is 2. The molecule has 36 heavy (non-hydrogen) atoms. The zero-order valence-electron chi connectivity index (χ0n) is 21.4. The topological polar surface area (TPSA) is 181 Å². The van der Waals surface area contributed by atoms with Crippen LogP contribution in [0.2, 0.25) is 0 Å². The number of nitrogens with one attached hydrogen (secondary N) is 2. The molecule has 0 aliphatic heterocycles. The van der Waals surface area contributed by atoms with Gasteiger partial charge >= 0.3 is 23.6 Å². The molecule has 0 unspecified atom stereocenters. The molecule has 0 aliphatic rings. The molecular formula is C22H34N4O10. The molecule has 0 heterocycles. The molecule has 1 rings (SSSR count). The highest BCUT2D eigenvalue weighted by Gasteiger charge is 2.27. The van der Waals surface area contributed by atoms with E-state index in [1.54, 1.807) is 41.5 Å². The van der Waals surface area contributed by atoms with Crippen molar-refractivity contribution < 1.29 is 38.4 Å². The Hall–Kier alpha value is -3.84. The number of benzene rings is 1. The molecule has 0 atom stereocenters. The van der Waals surface area contributed by atoms with Crippen LogP contribution in [0, 0.1) is 20.2 Å². The predicted molar refractivity (Wildman–Crippen MR) is 128 cm³/mol. The van der Waals surface area contributed by atoms with E-state index in [9.17, 15) is 29.8 Å². The summed E-state index contributed by atoms with van der Waals surface area (Å²) in [6.45, 7) is 10.7. The average Bonchev–Trinajstić information content (AvgIpc) is 2.70. The summed E-state index contributed by atoms with van der Waals surface area (Å²) in [5, 5.41) is 27.9. The third kappa shape index (κ3) is 12.0. The van der Waals surface area contributed by atoms with Gasteiger partial charge in [-0.05, 0) is 54.4 Å². The van der Waals surface area contributed by atoms with Crippen LogP contribution in [-0.2, 0) is 9.47 Å². The van der Waals surface area contributed by atoms with Gasteiger partial charge in [0.2, 0.25) is 11.5 Å². The molecule has 14 heteroatoms. The lowest BCUT2D eigenvalue weighted by Crippen LogP contribution is -2.33. The highest BCUT2D eigenvalue weighted by molar-refractivity contribution is 5.68. The number of rotatable bonds is 12. The van der Waals surface area contributed by atoms with Gasteiger partial charge in [0.25, 0.3) is 0 Å². The Morgan fingerprint density at radius 1 is 0.750 bits per heavy atom. The molecule has 202 valence electrons. The van der Waals surface area contributed by atoms with Gasteiger partial charge in [-0.15, -0.1) is 0 Å². The van der Waals surface area contributed by atoms with Gasteiger partial charge in [-0.2, -0.15) is 0 Å². The van der Waals surface area contributed by atoms with E-state index in [4.69, 9.17) is 18.9 Å². The Bertz CT molecular complexity index is 867. The molecule has 0 radical (unpaired) electrons. The summed E-state index contributed by atoms with van der Waals surface area (Å²) in [6.07, 6.45) is -0.638. The summed E-state index contributed by atoms with van der Waals surface area (Å²) in [5.41, 5.74) is -2.49. The van der Waals surface area contributed by atoms with E-state index in [2.05, 4.69) is 10.6 Å². The van der Waals surface area contributed by atoms with Crippen molar-refractivity contribution >= 4 is 23.6 Å². The van der Waals surface area contributed by atoms with Crippen LogP contribution in [0.3, 0.4) is 0 Å². The van der Waals surface area contributed by atoms with E-state index < -0.39 is 44.6 Å². The SMILES string of the molecule is CC(C)(C)OC(=O)NCCCOc1cc(OCCCNC(=O)OC(C)(C)C)c([N+](=O)[O-])cc1[N+](=O)[O-]. The second-order valence-electron chi connectivity index (χ2n) is 9.56. The second-order valence-corrected chi connectivity index (χ2v) is 9.56. The maximum atomic E-state index is 11.7. The Morgan fingerprint density at radius 2 is 1.11 bits per heavy atom. The van der Waals surface area contributed by atoms with Crippen LogP contribution in [0.15, 0.2) is 12.1 Å². The molecule has 2 amide bonds. The first kappa shape index (κ1) is 30.2. The summed E-state index contributed by atoms with van der Waals surface area (Å²) in [7, 11) is 0. The van der Waals surface area contributed by atoms with Crippen LogP contribution in [-0.4, -0.2) is 59.5 Å². The van der Waals surface area contributed by atoms with E-state index >= 15 is 0 Å². The Morgan fingerprint density at radius 3 is 1.42 bits per heavy atom. The van der Waals surface area contributed by atoms with Crippen molar-refractivity contribution in [1.29, 1.82) is 0 Å². The van der Waals surface area contributed by atoms with Crippen molar-refractivity contribution in [2.75, 3.05) is 26.3 Å². The van der Waals surface area contributed by atoms with Crippen molar-refractivity contribution in [3.8, 4) is 11.5 Å². The van der Waals surface area contributed by atoms with Gasteiger partial charge < -0.3 is 29.6 Å². The summed E-state index contributed by atoms with van der Waals surface area (Å²) in [6, 6.07) is 1.85. The highest BCUT2D eigenvalue weighted by atomic mass is 16.6. The first-order valence-corrected chi connectivity index (χ1v) is 11.2. The zero-order valence-corrected chi connectivity index (χ0v) is 21.4. The maximum absolute atomic E-state index is 11.7. The number of nitro groups is 2. The van der Waals surface area contributed by atoms with E-state index in [0.717, 1.165) is 12.1 Å². The Balaban J connectivity index is 2.73. The lowest BCUT2D eigenvalue weighted by molar-refractivity contribution is -0.395. The lowest BCUT2D eigenvalue weighted by Gasteiger charge is -2.19. The van der Waals surface area contributed by atoms with Crippen LogP contribution in [0.4, 0.5) is 21.0 Å². The van der Waals surface area contributed by atoms with Crippen molar-refractivity contribution in [3.05, 3.63) is 32.4 Å². The number of hydrogen-bond acceptors (Lipinski definition) is 10. The molecule has 2 N–H and O–H groups in total.